The molecule has 2 amide bonds. The summed E-state index contributed by atoms with van der Waals surface area (Å²) >= 11 is 0. The Balaban J connectivity index is 1.47. The van der Waals surface area contributed by atoms with Crippen LogP contribution >= 0.6 is 0 Å². The molecule has 1 saturated heterocycles. The Hall–Kier alpha value is -3.42. The minimum atomic E-state index is -0.475. The van der Waals surface area contributed by atoms with Crippen LogP contribution in [0.5, 0.6) is 0 Å². The molecule has 1 N–H and O–H groups in total. The fourth-order valence-corrected chi connectivity index (χ4v) is 4.27. The van der Waals surface area contributed by atoms with Crippen LogP contribution < -0.4 is 5.32 Å². The first-order valence-corrected chi connectivity index (χ1v) is 11.0. The van der Waals surface area contributed by atoms with E-state index in [0.29, 0.717) is 30.3 Å². The van der Waals surface area contributed by atoms with Crippen LogP contribution in [-0.4, -0.2) is 51.6 Å². The van der Waals surface area contributed by atoms with E-state index in [4.69, 9.17) is 9.72 Å². The Bertz CT molecular complexity index is 1120. The molecule has 3 aromatic rings. The second-order valence-corrected chi connectivity index (χ2v) is 8.53. The highest BCUT2D eigenvalue weighted by Gasteiger charge is 2.28. The van der Waals surface area contributed by atoms with Crippen molar-refractivity contribution >= 4 is 28.9 Å². The predicted molar refractivity (Wildman–Crippen MR) is 123 cm³/mol. The largest absolute Gasteiger partial charge is 0.465 e. The van der Waals surface area contributed by atoms with E-state index < -0.39 is 5.97 Å². The summed E-state index contributed by atoms with van der Waals surface area (Å²) < 4.78 is 7.09. The molecule has 0 spiro atoms. The summed E-state index contributed by atoms with van der Waals surface area (Å²) in [5.41, 5.74) is 2.63. The van der Waals surface area contributed by atoms with Crippen LogP contribution in [0.3, 0.4) is 0 Å². The van der Waals surface area contributed by atoms with Crippen molar-refractivity contribution in [3.05, 3.63) is 54.0 Å². The predicted octanol–water partition coefficient (Wildman–Crippen LogP) is 4.29. The van der Waals surface area contributed by atoms with Crippen molar-refractivity contribution in [2.75, 3.05) is 25.5 Å². The number of esters is 1. The number of fused-ring (bicyclic) bond motifs is 1. The minimum absolute atomic E-state index is 0.212. The number of likely N-dealkylation sites (tertiary alicyclic amines) is 1. The van der Waals surface area contributed by atoms with Gasteiger partial charge < -0.3 is 19.5 Å². The van der Waals surface area contributed by atoms with Crippen molar-refractivity contribution in [2.24, 2.45) is 5.92 Å². The van der Waals surface area contributed by atoms with Crippen LogP contribution in [0.4, 0.5) is 10.5 Å². The molecule has 3 heterocycles. The van der Waals surface area contributed by atoms with Gasteiger partial charge in [0.2, 0.25) is 0 Å². The maximum absolute atomic E-state index is 12.9. The minimum Gasteiger partial charge on any atom is -0.465 e. The third-order valence-corrected chi connectivity index (χ3v) is 5.80. The molecule has 1 aromatic carbocycles. The average molecular weight is 436 g/mol. The lowest BCUT2D eigenvalue weighted by Crippen LogP contribution is -2.42. The van der Waals surface area contributed by atoms with Gasteiger partial charge in [0.05, 0.1) is 18.4 Å². The highest BCUT2D eigenvalue weighted by Crippen LogP contribution is 2.29. The number of methoxy groups -OCH3 is 1. The van der Waals surface area contributed by atoms with Crippen molar-refractivity contribution in [3.8, 4) is 0 Å². The summed E-state index contributed by atoms with van der Waals surface area (Å²) in [5, 5.41) is 2.87. The molecule has 1 fully saturated rings. The Morgan fingerprint density at radius 2 is 1.91 bits per heavy atom. The second kappa shape index (κ2) is 9.38. The number of carbonyl (C=O) groups excluding carboxylic acids is 2. The van der Waals surface area contributed by atoms with Crippen LogP contribution in [0.2, 0.25) is 0 Å². The number of benzene rings is 1. The number of rotatable bonds is 5. The number of nitrogens with zero attached hydrogens (tertiary/aromatic N) is 4. The van der Waals surface area contributed by atoms with E-state index in [9.17, 15) is 9.59 Å². The number of hydrogen-bond acceptors (Lipinski definition) is 5. The zero-order chi connectivity index (χ0) is 22.7. The first kappa shape index (κ1) is 21.8. The van der Waals surface area contributed by atoms with Gasteiger partial charge in [0.1, 0.15) is 11.3 Å². The van der Waals surface area contributed by atoms with Gasteiger partial charge in [-0.2, -0.15) is 0 Å². The molecule has 4 rings (SSSR count). The Labute approximate surface area is 187 Å². The van der Waals surface area contributed by atoms with E-state index >= 15 is 0 Å². The average Bonchev–Trinajstić information content (AvgIpc) is 3.16. The lowest BCUT2D eigenvalue weighted by Gasteiger charge is -2.33. The standard InChI is InChI=1S/C24H29N5O3/c1-16(2)15-21-26-20-9-6-12-25-22(20)29(21)17-10-13-28(14-11-17)24(31)27-19-8-5-4-7-18(19)23(30)32-3/h4-9,12,16-17H,10-11,13-15H2,1-3H3,(H,27,31). The topological polar surface area (TPSA) is 89.4 Å². The van der Waals surface area contributed by atoms with Crippen LogP contribution in [0.15, 0.2) is 42.6 Å². The summed E-state index contributed by atoms with van der Waals surface area (Å²) in [6.07, 6.45) is 4.33. The number of para-hydroxylation sites is 1. The van der Waals surface area contributed by atoms with Gasteiger partial charge in [-0.1, -0.05) is 26.0 Å². The highest BCUT2D eigenvalue weighted by molar-refractivity contribution is 6.00. The zero-order valence-electron chi connectivity index (χ0n) is 18.7. The molecule has 0 atom stereocenters. The number of aromatic nitrogens is 3. The van der Waals surface area contributed by atoms with Crippen molar-refractivity contribution < 1.29 is 14.3 Å². The summed E-state index contributed by atoms with van der Waals surface area (Å²) in [4.78, 5) is 36.1. The number of amides is 2. The van der Waals surface area contributed by atoms with Crippen LogP contribution in [0.1, 0.15) is 48.9 Å². The molecule has 32 heavy (non-hydrogen) atoms. The Kier molecular flexibility index (Phi) is 6.39. The number of piperidine rings is 1. The van der Waals surface area contributed by atoms with Crippen LogP contribution in [0.25, 0.3) is 11.2 Å². The SMILES string of the molecule is COC(=O)c1ccccc1NC(=O)N1CCC(n2c(CC(C)C)nc3cccnc32)CC1. The molecule has 8 heteroatoms. The van der Waals surface area contributed by atoms with Crippen molar-refractivity contribution in [1.29, 1.82) is 0 Å². The van der Waals surface area contributed by atoms with Gasteiger partial charge in [0.25, 0.3) is 0 Å². The quantitative estimate of drug-likeness (QED) is 0.604. The number of pyridine rings is 1. The molecule has 2 aromatic heterocycles. The lowest BCUT2D eigenvalue weighted by molar-refractivity contribution is 0.0602. The lowest BCUT2D eigenvalue weighted by atomic mass is 10.0. The van der Waals surface area contributed by atoms with Gasteiger partial charge in [-0.25, -0.2) is 19.6 Å². The first-order valence-electron chi connectivity index (χ1n) is 11.0. The smallest absolute Gasteiger partial charge is 0.339 e. The van der Waals surface area contributed by atoms with Gasteiger partial charge in [0, 0.05) is 31.7 Å². The fourth-order valence-electron chi connectivity index (χ4n) is 4.27. The summed E-state index contributed by atoms with van der Waals surface area (Å²) in [7, 11) is 1.33. The van der Waals surface area contributed by atoms with E-state index in [-0.39, 0.29) is 12.1 Å². The maximum atomic E-state index is 12.9. The molecule has 0 aliphatic carbocycles. The normalized spacial score (nSPS) is 14.7. The van der Waals surface area contributed by atoms with E-state index in [1.54, 1.807) is 35.4 Å². The second-order valence-electron chi connectivity index (χ2n) is 8.53. The molecular formula is C24H29N5O3. The van der Waals surface area contributed by atoms with Gasteiger partial charge >= 0.3 is 12.0 Å². The number of hydrogen-bond donors (Lipinski definition) is 1. The van der Waals surface area contributed by atoms with Gasteiger partial charge in [-0.3, -0.25) is 0 Å². The fraction of sp³-hybridized carbons (Fsp3) is 0.417. The number of carbonyl (C=O) groups is 2. The number of urea groups is 1. The molecule has 0 saturated carbocycles. The molecule has 1 aliphatic heterocycles. The van der Waals surface area contributed by atoms with Gasteiger partial charge in [0.15, 0.2) is 5.65 Å². The van der Waals surface area contributed by atoms with E-state index in [1.807, 2.05) is 12.1 Å². The van der Waals surface area contributed by atoms with E-state index in [2.05, 4.69) is 28.7 Å². The molecule has 0 unspecified atom stereocenters. The zero-order valence-corrected chi connectivity index (χ0v) is 18.7. The molecule has 168 valence electrons. The van der Waals surface area contributed by atoms with Gasteiger partial charge in [-0.15, -0.1) is 0 Å². The third-order valence-electron chi connectivity index (χ3n) is 5.80. The van der Waals surface area contributed by atoms with E-state index in [0.717, 1.165) is 36.3 Å². The van der Waals surface area contributed by atoms with Crippen LogP contribution in [-0.2, 0) is 11.2 Å². The summed E-state index contributed by atoms with van der Waals surface area (Å²) in [5.74, 6) is 1.08. The number of imidazole rings is 1. The third kappa shape index (κ3) is 4.44. The van der Waals surface area contributed by atoms with Gasteiger partial charge in [-0.05, 0) is 43.0 Å². The highest BCUT2D eigenvalue weighted by atomic mass is 16.5. The van der Waals surface area contributed by atoms with Crippen molar-refractivity contribution in [1.82, 2.24) is 19.4 Å². The molecule has 0 radical (unpaired) electrons. The molecule has 0 bridgehead atoms. The summed E-state index contributed by atoms with van der Waals surface area (Å²) in [6, 6.07) is 10.8. The molecule has 1 aliphatic rings. The Morgan fingerprint density at radius 1 is 1.16 bits per heavy atom. The summed E-state index contributed by atoms with van der Waals surface area (Å²) in [6.45, 7) is 5.61. The van der Waals surface area contributed by atoms with Crippen molar-refractivity contribution in [3.63, 3.8) is 0 Å². The van der Waals surface area contributed by atoms with Crippen LogP contribution in [0, 0.1) is 5.92 Å². The maximum Gasteiger partial charge on any atom is 0.339 e. The Morgan fingerprint density at radius 3 is 2.62 bits per heavy atom. The number of ether oxygens (including phenoxy) is 1. The number of anilines is 1. The monoisotopic (exact) mass is 435 g/mol. The van der Waals surface area contributed by atoms with Crippen molar-refractivity contribution in [2.45, 2.75) is 39.2 Å². The molecule has 8 nitrogen and oxygen atoms in total. The molecular weight excluding hydrogens is 406 g/mol. The first-order chi connectivity index (χ1) is 15.5. The van der Waals surface area contributed by atoms with E-state index in [1.165, 1.54) is 7.11 Å². The number of nitrogens with one attached hydrogen (secondary N) is 1.